The van der Waals surface area contributed by atoms with Crippen molar-refractivity contribution in [2.45, 2.75) is 12.8 Å². The van der Waals surface area contributed by atoms with Gasteiger partial charge >= 0.3 is 6.09 Å². The number of benzene rings is 1. The molecule has 0 saturated carbocycles. The minimum absolute atomic E-state index is 0.0287. The third-order valence-electron chi connectivity index (χ3n) is 5.16. The van der Waals surface area contributed by atoms with E-state index < -0.39 is 49.3 Å². The molecule has 0 aliphatic carbocycles. The number of rotatable bonds is 11. The molecule has 9 nitrogen and oxygen atoms in total. The summed E-state index contributed by atoms with van der Waals surface area (Å²) in [4.78, 5) is 38.5. The molecule has 1 aromatic heterocycles. The van der Waals surface area contributed by atoms with Gasteiger partial charge in [0, 0.05) is 33.0 Å². The molecule has 0 aliphatic heterocycles. The van der Waals surface area contributed by atoms with E-state index in [-0.39, 0.29) is 5.69 Å². The van der Waals surface area contributed by atoms with E-state index in [0.29, 0.717) is 24.3 Å². The number of nitrogens with one attached hydrogen (secondary N) is 2. The molecule has 1 aromatic carbocycles. The van der Waals surface area contributed by atoms with E-state index in [0.717, 1.165) is 0 Å². The van der Waals surface area contributed by atoms with Crippen LogP contribution in [0.3, 0.4) is 0 Å². The Morgan fingerprint density at radius 3 is 2.31 bits per heavy atom. The first-order valence-corrected chi connectivity index (χ1v) is 10.0. The van der Waals surface area contributed by atoms with Gasteiger partial charge < -0.3 is 20.6 Å². The maximum absolute atomic E-state index is 13.6. The lowest BCUT2D eigenvalue weighted by Gasteiger charge is -2.26. The lowest BCUT2D eigenvalue weighted by molar-refractivity contribution is -0.119. The third kappa shape index (κ3) is 5.94. The number of carbonyl (C=O) groups excluding carboxylic acids is 1. The highest BCUT2D eigenvalue weighted by Crippen LogP contribution is 2.25. The van der Waals surface area contributed by atoms with Gasteiger partial charge in [-0.3, -0.25) is 23.1 Å². The van der Waals surface area contributed by atoms with Gasteiger partial charge in [-0.05, 0) is 26.2 Å². The van der Waals surface area contributed by atoms with Crippen LogP contribution < -0.4 is 16.2 Å². The van der Waals surface area contributed by atoms with Gasteiger partial charge in [-0.15, -0.1) is 0 Å². The van der Waals surface area contributed by atoms with Crippen molar-refractivity contribution in [2.75, 3.05) is 45.9 Å². The Hall–Kier alpha value is -3.21. The van der Waals surface area contributed by atoms with E-state index in [1.165, 1.54) is 4.68 Å². The molecule has 1 heterocycles. The molecule has 0 saturated heterocycles. The molecule has 0 fully saturated rings. The predicted octanol–water partition coefficient (Wildman–Crippen LogP) is 1.80. The molecule has 0 unspecified atom stereocenters. The first-order valence-electron chi connectivity index (χ1n) is 10.0. The maximum Gasteiger partial charge on any atom is 0.404 e. The molecular formula is C21H29F2N5O4. The summed E-state index contributed by atoms with van der Waals surface area (Å²) >= 11 is 0. The molecule has 11 heteroatoms. The summed E-state index contributed by atoms with van der Waals surface area (Å²) in [5.74, 6) is -0.776. The quantitative estimate of drug-likeness (QED) is 0.481. The molecule has 0 bridgehead atoms. The summed E-state index contributed by atoms with van der Waals surface area (Å²) in [6.07, 6.45) is -1.64. The van der Waals surface area contributed by atoms with E-state index in [1.54, 1.807) is 36.0 Å². The number of hydrogen-bond donors (Lipinski definition) is 3. The SMILES string of the molecule is CN(C)CCc1c(NC(=O)CC(CF)(CF)CNC(=O)O)c(=O)n(-c2ccccc2)n1C. The summed E-state index contributed by atoms with van der Waals surface area (Å²) in [5.41, 5.74) is -1.15. The first-order chi connectivity index (χ1) is 15.1. The number of carboxylic acid groups (broad SMARTS) is 1. The van der Waals surface area contributed by atoms with Gasteiger partial charge in [-0.25, -0.2) is 9.48 Å². The zero-order chi connectivity index (χ0) is 23.9. The van der Waals surface area contributed by atoms with Crippen LogP contribution in [-0.2, 0) is 18.3 Å². The summed E-state index contributed by atoms with van der Waals surface area (Å²) in [6.45, 7) is -2.46. The summed E-state index contributed by atoms with van der Waals surface area (Å²) in [6, 6.07) is 8.86. The van der Waals surface area contributed by atoms with E-state index in [2.05, 4.69) is 5.32 Å². The molecule has 0 aliphatic rings. The number of anilines is 1. The van der Waals surface area contributed by atoms with Crippen LogP contribution >= 0.6 is 0 Å². The lowest BCUT2D eigenvalue weighted by Crippen LogP contribution is -2.43. The maximum atomic E-state index is 13.6. The second-order valence-electron chi connectivity index (χ2n) is 8.00. The number of amides is 2. The Bertz CT molecular complexity index is 984. The van der Waals surface area contributed by atoms with Crippen LogP contribution in [0.4, 0.5) is 19.3 Å². The Morgan fingerprint density at radius 1 is 1.16 bits per heavy atom. The normalized spacial score (nSPS) is 11.6. The van der Waals surface area contributed by atoms with Crippen molar-refractivity contribution in [2.24, 2.45) is 12.5 Å². The number of hydrogen-bond acceptors (Lipinski definition) is 4. The zero-order valence-corrected chi connectivity index (χ0v) is 18.4. The standard InChI is InChI=1S/C21H29F2N5O4/c1-26(2)10-9-16-18(19(30)28(27(16)3)15-7-5-4-6-8-15)25-17(29)11-21(12-22,13-23)14-24-20(31)32/h4-8,24H,9-14H2,1-3H3,(H,25,29)(H,31,32). The van der Waals surface area contributed by atoms with Gasteiger partial charge in [0.05, 0.1) is 30.1 Å². The lowest BCUT2D eigenvalue weighted by atomic mass is 9.86. The predicted molar refractivity (Wildman–Crippen MR) is 117 cm³/mol. The van der Waals surface area contributed by atoms with Crippen molar-refractivity contribution < 1.29 is 23.5 Å². The van der Waals surface area contributed by atoms with Crippen LogP contribution in [0.2, 0.25) is 0 Å². The number of nitrogens with zero attached hydrogens (tertiary/aromatic N) is 3. The number of para-hydroxylation sites is 1. The fourth-order valence-electron chi connectivity index (χ4n) is 3.32. The highest BCUT2D eigenvalue weighted by molar-refractivity contribution is 5.91. The van der Waals surface area contributed by atoms with Crippen LogP contribution in [-0.4, -0.2) is 71.9 Å². The fourth-order valence-corrected chi connectivity index (χ4v) is 3.32. The molecule has 176 valence electrons. The Kier molecular flexibility index (Phi) is 8.53. The van der Waals surface area contributed by atoms with Gasteiger partial charge in [-0.2, -0.15) is 0 Å². The number of halogens is 2. The van der Waals surface area contributed by atoms with E-state index in [9.17, 15) is 23.2 Å². The number of aromatic nitrogens is 2. The van der Waals surface area contributed by atoms with E-state index >= 15 is 0 Å². The molecule has 32 heavy (non-hydrogen) atoms. The van der Waals surface area contributed by atoms with Crippen molar-refractivity contribution >= 4 is 17.7 Å². The Labute approximate surface area is 184 Å². The largest absolute Gasteiger partial charge is 0.465 e. The molecule has 2 amide bonds. The molecule has 0 atom stereocenters. The van der Waals surface area contributed by atoms with Crippen LogP contribution in [0.1, 0.15) is 12.1 Å². The Morgan fingerprint density at radius 2 is 1.78 bits per heavy atom. The van der Waals surface area contributed by atoms with Crippen LogP contribution in [0.5, 0.6) is 0 Å². The van der Waals surface area contributed by atoms with E-state index in [4.69, 9.17) is 5.11 Å². The molecule has 0 spiro atoms. The summed E-state index contributed by atoms with van der Waals surface area (Å²) in [7, 11) is 5.44. The van der Waals surface area contributed by atoms with Crippen molar-refractivity contribution in [3.8, 4) is 5.69 Å². The van der Waals surface area contributed by atoms with Crippen LogP contribution in [0.25, 0.3) is 5.69 Å². The zero-order valence-electron chi connectivity index (χ0n) is 18.4. The minimum Gasteiger partial charge on any atom is -0.465 e. The number of alkyl halides is 2. The van der Waals surface area contributed by atoms with Gasteiger partial charge in [0.15, 0.2) is 0 Å². The molecule has 2 rings (SSSR count). The first kappa shape index (κ1) is 25.1. The monoisotopic (exact) mass is 453 g/mol. The topological polar surface area (TPSA) is 109 Å². The fraction of sp³-hybridized carbons (Fsp3) is 0.476. The van der Waals surface area contributed by atoms with Crippen molar-refractivity contribution in [1.29, 1.82) is 0 Å². The second kappa shape index (κ2) is 10.9. The van der Waals surface area contributed by atoms with Crippen LogP contribution in [0.15, 0.2) is 35.1 Å². The highest BCUT2D eigenvalue weighted by Gasteiger charge is 2.35. The van der Waals surface area contributed by atoms with Crippen molar-refractivity contribution in [3.63, 3.8) is 0 Å². The van der Waals surface area contributed by atoms with Gasteiger partial charge in [0.2, 0.25) is 5.91 Å². The number of carbonyl (C=O) groups is 2. The van der Waals surface area contributed by atoms with E-state index in [1.807, 2.05) is 30.4 Å². The third-order valence-corrected chi connectivity index (χ3v) is 5.16. The van der Waals surface area contributed by atoms with Crippen LogP contribution in [0, 0.1) is 5.41 Å². The summed E-state index contributed by atoms with van der Waals surface area (Å²) < 4.78 is 30.2. The Balaban J connectivity index is 2.39. The molecule has 3 N–H and O–H groups in total. The van der Waals surface area contributed by atoms with Gasteiger partial charge in [0.25, 0.3) is 5.56 Å². The van der Waals surface area contributed by atoms with Gasteiger partial charge in [0.1, 0.15) is 5.69 Å². The average Bonchev–Trinajstić information content (AvgIpc) is 2.99. The summed E-state index contributed by atoms with van der Waals surface area (Å²) in [5, 5.41) is 13.2. The van der Waals surface area contributed by atoms with Gasteiger partial charge in [-0.1, -0.05) is 18.2 Å². The minimum atomic E-state index is -1.85. The number of likely N-dealkylation sites (N-methyl/N-ethyl adjacent to an activating group) is 1. The average molecular weight is 453 g/mol. The van der Waals surface area contributed by atoms with Crippen molar-refractivity contribution in [3.05, 3.63) is 46.4 Å². The molecular weight excluding hydrogens is 424 g/mol. The van der Waals surface area contributed by atoms with Crippen molar-refractivity contribution in [1.82, 2.24) is 19.6 Å². The molecule has 2 aromatic rings. The second-order valence-corrected chi connectivity index (χ2v) is 8.00. The molecule has 0 radical (unpaired) electrons. The highest BCUT2D eigenvalue weighted by atomic mass is 19.1. The smallest absolute Gasteiger partial charge is 0.404 e.